The predicted molar refractivity (Wildman–Crippen MR) is 97.3 cm³/mol. The number of hydrogen-bond donors (Lipinski definition) is 0. The summed E-state index contributed by atoms with van der Waals surface area (Å²) in [5, 5.41) is 3.97. The number of benzene rings is 2. The summed E-state index contributed by atoms with van der Waals surface area (Å²) in [5.41, 5.74) is 2.78. The van der Waals surface area contributed by atoms with E-state index in [1.54, 1.807) is 29.2 Å². The van der Waals surface area contributed by atoms with E-state index < -0.39 is 0 Å². The zero-order valence-corrected chi connectivity index (χ0v) is 14.8. The third kappa shape index (κ3) is 3.47. The molecule has 3 aromatic rings. The van der Waals surface area contributed by atoms with Gasteiger partial charge < -0.3 is 9.42 Å². The summed E-state index contributed by atoms with van der Waals surface area (Å²) in [7, 11) is 0. The highest BCUT2D eigenvalue weighted by Crippen LogP contribution is 2.32. The standard InChI is InChI=1S/C21H18F2N2O2/c1-13-2-3-15-10-17(23)8-9-19(15)25(13)21(26)12-18-11-20(27-24-18)14-4-6-16(22)7-5-14/h4-11,13H,2-3,12H2,1H3/t13-/m1/s1. The van der Waals surface area contributed by atoms with Crippen molar-refractivity contribution in [3.05, 3.63) is 71.4 Å². The van der Waals surface area contributed by atoms with Crippen LogP contribution < -0.4 is 4.90 Å². The summed E-state index contributed by atoms with van der Waals surface area (Å²) in [6.07, 6.45) is 1.60. The number of nitrogens with zero attached hydrogens (tertiary/aromatic N) is 2. The second kappa shape index (κ2) is 6.95. The van der Waals surface area contributed by atoms with Gasteiger partial charge in [-0.2, -0.15) is 0 Å². The molecular formula is C21H18F2N2O2. The van der Waals surface area contributed by atoms with E-state index >= 15 is 0 Å². The van der Waals surface area contributed by atoms with Gasteiger partial charge >= 0.3 is 0 Å². The first-order valence-electron chi connectivity index (χ1n) is 8.83. The van der Waals surface area contributed by atoms with Gasteiger partial charge in [0.25, 0.3) is 0 Å². The summed E-state index contributed by atoms with van der Waals surface area (Å²) in [4.78, 5) is 14.6. The van der Waals surface area contributed by atoms with Crippen LogP contribution in [0.15, 0.2) is 53.1 Å². The van der Waals surface area contributed by atoms with Crippen LogP contribution in [0.5, 0.6) is 0 Å². The maximum Gasteiger partial charge on any atom is 0.233 e. The van der Waals surface area contributed by atoms with E-state index in [9.17, 15) is 13.6 Å². The maximum atomic E-state index is 13.5. The van der Waals surface area contributed by atoms with Gasteiger partial charge in [0.1, 0.15) is 11.6 Å². The zero-order valence-electron chi connectivity index (χ0n) is 14.8. The van der Waals surface area contributed by atoms with Crippen molar-refractivity contribution in [2.45, 2.75) is 32.2 Å². The lowest BCUT2D eigenvalue weighted by atomic mass is 9.96. The number of aryl methyl sites for hydroxylation is 1. The second-order valence-corrected chi connectivity index (χ2v) is 6.79. The van der Waals surface area contributed by atoms with Gasteiger partial charge in [-0.3, -0.25) is 4.79 Å². The summed E-state index contributed by atoms with van der Waals surface area (Å²) in [6, 6.07) is 12.1. The molecule has 0 unspecified atom stereocenters. The van der Waals surface area contributed by atoms with Gasteiger partial charge in [-0.15, -0.1) is 0 Å². The fraction of sp³-hybridized carbons (Fsp3) is 0.238. The van der Waals surface area contributed by atoms with Crippen molar-refractivity contribution in [2.24, 2.45) is 0 Å². The molecule has 0 spiro atoms. The Labute approximate surface area is 155 Å². The molecule has 4 nitrogen and oxygen atoms in total. The van der Waals surface area contributed by atoms with Crippen LogP contribution in [-0.2, 0) is 17.6 Å². The van der Waals surface area contributed by atoms with Crippen LogP contribution in [0.2, 0.25) is 0 Å². The van der Waals surface area contributed by atoms with E-state index in [1.807, 2.05) is 6.92 Å². The molecule has 1 amide bonds. The molecule has 1 aliphatic heterocycles. The lowest BCUT2D eigenvalue weighted by molar-refractivity contribution is -0.118. The Morgan fingerprint density at radius 3 is 2.67 bits per heavy atom. The Bertz CT molecular complexity index is 982. The molecule has 0 saturated heterocycles. The molecular weight excluding hydrogens is 350 g/mol. The number of halogens is 2. The van der Waals surface area contributed by atoms with E-state index in [-0.39, 0.29) is 30.0 Å². The SMILES string of the molecule is C[C@@H]1CCc2cc(F)ccc2N1C(=O)Cc1cc(-c2ccc(F)cc2)on1. The highest BCUT2D eigenvalue weighted by molar-refractivity contribution is 5.96. The lowest BCUT2D eigenvalue weighted by Gasteiger charge is -2.35. The molecule has 2 aromatic carbocycles. The number of anilines is 1. The molecule has 0 N–H and O–H groups in total. The molecule has 1 aromatic heterocycles. The average Bonchev–Trinajstić information content (AvgIpc) is 3.10. The molecule has 27 heavy (non-hydrogen) atoms. The van der Waals surface area contributed by atoms with Crippen LogP contribution >= 0.6 is 0 Å². The van der Waals surface area contributed by atoms with Gasteiger partial charge in [0.05, 0.1) is 12.1 Å². The van der Waals surface area contributed by atoms with Crippen molar-refractivity contribution < 1.29 is 18.1 Å². The lowest BCUT2D eigenvalue weighted by Crippen LogP contribution is -2.43. The average molecular weight is 368 g/mol. The molecule has 1 atom stereocenters. The minimum absolute atomic E-state index is 0.0268. The van der Waals surface area contributed by atoms with Crippen molar-refractivity contribution in [1.82, 2.24) is 5.16 Å². The van der Waals surface area contributed by atoms with Gasteiger partial charge in [0.2, 0.25) is 5.91 Å². The number of rotatable bonds is 3. The Balaban J connectivity index is 1.55. The molecule has 0 bridgehead atoms. The zero-order chi connectivity index (χ0) is 19.0. The number of hydrogen-bond acceptors (Lipinski definition) is 3. The van der Waals surface area contributed by atoms with E-state index in [2.05, 4.69) is 5.16 Å². The maximum absolute atomic E-state index is 13.5. The Hall–Kier alpha value is -3.02. The summed E-state index contributed by atoms with van der Waals surface area (Å²) in [6.45, 7) is 1.98. The number of fused-ring (bicyclic) bond motifs is 1. The molecule has 138 valence electrons. The van der Waals surface area contributed by atoms with Gasteiger partial charge in [-0.25, -0.2) is 8.78 Å². The predicted octanol–water partition coefficient (Wildman–Crippen LogP) is 4.53. The third-order valence-corrected chi connectivity index (χ3v) is 4.86. The fourth-order valence-electron chi connectivity index (χ4n) is 3.49. The molecule has 0 saturated carbocycles. The Morgan fingerprint density at radius 2 is 1.89 bits per heavy atom. The monoisotopic (exact) mass is 368 g/mol. The topological polar surface area (TPSA) is 46.3 Å². The van der Waals surface area contributed by atoms with Crippen LogP contribution in [0, 0.1) is 11.6 Å². The van der Waals surface area contributed by atoms with E-state index in [4.69, 9.17) is 4.52 Å². The van der Waals surface area contributed by atoms with Crippen LogP contribution in [0.25, 0.3) is 11.3 Å². The van der Waals surface area contributed by atoms with Gasteiger partial charge in [-0.05, 0) is 67.8 Å². The summed E-state index contributed by atoms with van der Waals surface area (Å²) in [5.74, 6) is -0.264. The van der Waals surface area contributed by atoms with Gasteiger partial charge in [0.15, 0.2) is 5.76 Å². The fourth-order valence-corrected chi connectivity index (χ4v) is 3.49. The van der Waals surface area contributed by atoms with Crippen LogP contribution in [-0.4, -0.2) is 17.1 Å². The Kier molecular flexibility index (Phi) is 4.48. The van der Waals surface area contributed by atoms with Crippen molar-refractivity contribution in [2.75, 3.05) is 4.90 Å². The smallest absolute Gasteiger partial charge is 0.233 e. The minimum atomic E-state index is -0.331. The van der Waals surface area contributed by atoms with Crippen molar-refractivity contribution >= 4 is 11.6 Å². The molecule has 0 aliphatic carbocycles. The summed E-state index contributed by atoms with van der Waals surface area (Å²) < 4.78 is 31.9. The van der Waals surface area contributed by atoms with Gasteiger partial charge in [0, 0.05) is 23.4 Å². The van der Waals surface area contributed by atoms with E-state index in [0.717, 1.165) is 24.1 Å². The molecule has 0 fully saturated rings. The number of carbonyl (C=O) groups excluding carboxylic acids is 1. The van der Waals surface area contributed by atoms with Crippen molar-refractivity contribution in [3.63, 3.8) is 0 Å². The number of amides is 1. The van der Waals surface area contributed by atoms with Crippen molar-refractivity contribution in [3.8, 4) is 11.3 Å². The largest absolute Gasteiger partial charge is 0.356 e. The second-order valence-electron chi connectivity index (χ2n) is 6.79. The highest BCUT2D eigenvalue weighted by atomic mass is 19.1. The first-order chi connectivity index (χ1) is 13.0. The minimum Gasteiger partial charge on any atom is -0.356 e. The van der Waals surface area contributed by atoms with Crippen LogP contribution in [0.4, 0.5) is 14.5 Å². The highest BCUT2D eigenvalue weighted by Gasteiger charge is 2.29. The van der Waals surface area contributed by atoms with Crippen LogP contribution in [0.1, 0.15) is 24.6 Å². The molecule has 4 rings (SSSR count). The quantitative estimate of drug-likeness (QED) is 0.682. The molecule has 1 aliphatic rings. The Morgan fingerprint density at radius 1 is 1.15 bits per heavy atom. The summed E-state index contributed by atoms with van der Waals surface area (Å²) >= 11 is 0. The number of carbonyl (C=O) groups is 1. The number of aromatic nitrogens is 1. The third-order valence-electron chi connectivity index (χ3n) is 4.86. The normalized spacial score (nSPS) is 16.3. The first-order valence-corrected chi connectivity index (χ1v) is 8.83. The molecule has 0 radical (unpaired) electrons. The first kappa shape index (κ1) is 17.4. The van der Waals surface area contributed by atoms with E-state index in [0.29, 0.717) is 17.0 Å². The van der Waals surface area contributed by atoms with E-state index in [1.165, 1.54) is 24.3 Å². The molecule has 2 heterocycles. The van der Waals surface area contributed by atoms with Gasteiger partial charge in [-0.1, -0.05) is 5.16 Å². The van der Waals surface area contributed by atoms with Crippen LogP contribution in [0.3, 0.4) is 0 Å². The molecule has 6 heteroatoms. The van der Waals surface area contributed by atoms with Crippen molar-refractivity contribution in [1.29, 1.82) is 0 Å².